The molecule has 1 heterocycles. The topological polar surface area (TPSA) is 64.1 Å². The summed E-state index contributed by atoms with van der Waals surface area (Å²) in [5.41, 5.74) is 0.406. The van der Waals surface area contributed by atoms with Gasteiger partial charge in [0, 0.05) is 29.8 Å². The van der Waals surface area contributed by atoms with E-state index in [1.165, 1.54) is 24.3 Å². The Bertz CT molecular complexity index is 615. The Morgan fingerprint density at radius 1 is 1.15 bits per heavy atom. The molecule has 1 aromatic heterocycles. The van der Waals surface area contributed by atoms with Gasteiger partial charge in [-0.25, -0.2) is 0 Å². The molecule has 7 heteroatoms. The molecule has 104 valence electrons. The first-order chi connectivity index (χ1) is 9.06. The van der Waals surface area contributed by atoms with Crippen LogP contribution in [0.4, 0.5) is 5.69 Å². The number of aromatic nitrogens is 1. The number of hydrogen-bond donors (Lipinski definition) is 0. The number of pyridine rings is 1. The molecule has 0 saturated heterocycles. The molecule has 1 aromatic carbocycles. The van der Waals surface area contributed by atoms with Crippen molar-refractivity contribution in [2.24, 2.45) is 0 Å². The van der Waals surface area contributed by atoms with Crippen molar-refractivity contribution in [3.8, 4) is 0 Å². The number of rotatable bonds is 4. The molecule has 0 amide bonds. The Morgan fingerprint density at radius 3 is 2.20 bits per heavy atom. The van der Waals surface area contributed by atoms with Gasteiger partial charge in [0.1, 0.15) is 0 Å². The van der Waals surface area contributed by atoms with Crippen molar-refractivity contribution in [3.63, 3.8) is 0 Å². The molecule has 0 saturated carbocycles. The molecule has 0 unspecified atom stereocenters. The Kier molecular flexibility index (Phi) is 5.79. The minimum atomic E-state index is -0.498. The summed E-state index contributed by atoms with van der Waals surface area (Å²) in [7, 11) is 0. The van der Waals surface area contributed by atoms with Gasteiger partial charge in [-0.3, -0.25) is 14.9 Å². The summed E-state index contributed by atoms with van der Waals surface area (Å²) in [4.78, 5) is 22.0. The van der Waals surface area contributed by atoms with Crippen molar-refractivity contribution in [1.82, 2.24) is 0 Å². The zero-order valence-corrected chi connectivity index (χ0v) is 12.5. The molecule has 2 rings (SSSR count). The van der Waals surface area contributed by atoms with E-state index in [0.717, 1.165) is 0 Å². The highest BCUT2D eigenvalue weighted by atomic mass is 79.9. The van der Waals surface area contributed by atoms with Gasteiger partial charge in [-0.1, -0.05) is 11.6 Å². The number of halogens is 2. The number of nitro groups is 1. The second-order valence-corrected chi connectivity index (χ2v) is 4.35. The number of non-ortho nitro benzene ring substituents is 1. The molecular weight excluding hydrogens is 348 g/mol. The molecule has 0 spiro atoms. The summed E-state index contributed by atoms with van der Waals surface area (Å²) in [6, 6.07) is 8.92. The van der Waals surface area contributed by atoms with Crippen LogP contribution in [0.5, 0.6) is 0 Å². The van der Waals surface area contributed by atoms with Crippen LogP contribution in [0.2, 0.25) is 5.02 Å². The number of benzene rings is 1. The van der Waals surface area contributed by atoms with E-state index in [-0.39, 0.29) is 35.0 Å². The number of carbonyl (C=O) groups excluding carboxylic acids is 1. The van der Waals surface area contributed by atoms with E-state index in [2.05, 4.69) is 0 Å². The van der Waals surface area contributed by atoms with Crippen LogP contribution < -0.4 is 21.5 Å². The maximum Gasteiger partial charge on any atom is 0.269 e. The van der Waals surface area contributed by atoms with E-state index in [1.54, 1.807) is 29.1 Å². The second-order valence-electron chi connectivity index (χ2n) is 3.92. The number of nitro benzene ring substituents is 1. The van der Waals surface area contributed by atoms with Crippen LogP contribution in [-0.2, 0) is 6.54 Å². The summed E-state index contributed by atoms with van der Waals surface area (Å²) in [6.07, 6.45) is 3.40. The first kappa shape index (κ1) is 16.3. The molecule has 0 N–H and O–H groups in total. The fourth-order valence-electron chi connectivity index (χ4n) is 1.57. The van der Waals surface area contributed by atoms with Crippen molar-refractivity contribution < 1.29 is 31.3 Å². The van der Waals surface area contributed by atoms with Gasteiger partial charge in [-0.2, -0.15) is 4.57 Å². The van der Waals surface area contributed by atoms with Gasteiger partial charge in [0.25, 0.3) is 5.69 Å². The third kappa shape index (κ3) is 4.11. The van der Waals surface area contributed by atoms with Crippen LogP contribution >= 0.6 is 11.6 Å². The Balaban J connectivity index is 0.00000200. The monoisotopic (exact) mass is 356 g/mol. The lowest BCUT2D eigenvalue weighted by Gasteiger charge is -1.98. The molecule has 0 fully saturated rings. The largest absolute Gasteiger partial charge is 1.00 e. The summed E-state index contributed by atoms with van der Waals surface area (Å²) in [5, 5.41) is 11.1. The maximum atomic E-state index is 12.0. The predicted octanol–water partition coefficient (Wildman–Crippen LogP) is -0.577. The first-order valence-electron chi connectivity index (χ1n) is 5.48. The Morgan fingerprint density at radius 2 is 1.70 bits per heavy atom. The van der Waals surface area contributed by atoms with Crippen molar-refractivity contribution in [2.45, 2.75) is 6.54 Å². The van der Waals surface area contributed by atoms with Gasteiger partial charge in [-0.05, 0) is 12.1 Å². The quantitative estimate of drug-likeness (QED) is 0.318. The number of hydrogen-bond acceptors (Lipinski definition) is 3. The average Bonchev–Trinajstić information content (AvgIpc) is 2.41. The lowest BCUT2D eigenvalue weighted by atomic mass is 10.1. The average molecular weight is 358 g/mol. The normalized spacial score (nSPS) is 9.65. The highest BCUT2D eigenvalue weighted by Crippen LogP contribution is 2.12. The zero-order chi connectivity index (χ0) is 13.8. The van der Waals surface area contributed by atoms with E-state index in [1.807, 2.05) is 0 Å². The highest BCUT2D eigenvalue weighted by molar-refractivity contribution is 6.30. The van der Waals surface area contributed by atoms with E-state index in [0.29, 0.717) is 10.6 Å². The Labute approximate surface area is 130 Å². The van der Waals surface area contributed by atoms with Gasteiger partial charge < -0.3 is 17.0 Å². The van der Waals surface area contributed by atoms with E-state index in [9.17, 15) is 14.9 Å². The van der Waals surface area contributed by atoms with Crippen LogP contribution in [0, 0.1) is 10.1 Å². The molecule has 0 aliphatic carbocycles. The van der Waals surface area contributed by atoms with Crippen LogP contribution in [0.3, 0.4) is 0 Å². The zero-order valence-electron chi connectivity index (χ0n) is 10.2. The van der Waals surface area contributed by atoms with Gasteiger partial charge in [0.2, 0.25) is 12.3 Å². The standard InChI is InChI=1S/C13H10ClN2O3.BrH/c14-11-5-7-15(8-6-11)9-13(17)10-1-3-12(4-2-10)16(18)19;/h1-8H,9H2;1H/q+1;/p-1. The lowest BCUT2D eigenvalue weighted by molar-refractivity contribution is -0.683. The molecule has 5 nitrogen and oxygen atoms in total. The number of nitrogens with zero attached hydrogens (tertiary/aromatic N) is 2. The van der Waals surface area contributed by atoms with Gasteiger partial charge in [0.15, 0.2) is 12.4 Å². The predicted molar refractivity (Wildman–Crippen MR) is 69.1 cm³/mol. The maximum absolute atomic E-state index is 12.0. The van der Waals surface area contributed by atoms with Gasteiger partial charge in [-0.15, -0.1) is 0 Å². The lowest BCUT2D eigenvalue weighted by Crippen LogP contribution is -3.00. The second kappa shape index (κ2) is 7.12. The molecule has 0 atom stereocenters. The minimum absolute atomic E-state index is 0. The summed E-state index contributed by atoms with van der Waals surface area (Å²) < 4.78 is 1.69. The number of Topliss-reactive ketones (excluding diaryl/α,β-unsaturated/α-hetero) is 1. The SMILES string of the molecule is O=C(C[n+]1ccc(Cl)cc1)c1ccc([N+](=O)[O-])cc1.[Br-]. The molecule has 0 radical (unpaired) electrons. The van der Waals surface area contributed by atoms with E-state index in [4.69, 9.17) is 11.6 Å². The summed E-state index contributed by atoms with van der Waals surface area (Å²) in [6.45, 7) is 0.162. The molecule has 2 aromatic rings. The van der Waals surface area contributed by atoms with Crippen LogP contribution in [0.15, 0.2) is 48.8 Å². The van der Waals surface area contributed by atoms with Gasteiger partial charge in [0.05, 0.1) is 9.95 Å². The summed E-state index contributed by atoms with van der Waals surface area (Å²) in [5.74, 6) is -0.123. The molecule has 0 aliphatic rings. The van der Waals surface area contributed by atoms with Gasteiger partial charge >= 0.3 is 0 Å². The van der Waals surface area contributed by atoms with E-state index >= 15 is 0 Å². The molecule has 0 bridgehead atoms. The van der Waals surface area contributed by atoms with Crippen LogP contribution in [-0.4, -0.2) is 10.7 Å². The highest BCUT2D eigenvalue weighted by Gasteiger charge is 2.13. The molecular formula is C13H10BrClN2O3. The Hall–Kier alpha value is -1.79. The third-order valence-corrected chi connectivity index (χ3v) is 2.83. The number of ketones is 1. The molecule has 20 heavy (non-hydrogen) atoms. The van der Waals surface area contributed by atoms with Crippen molar-refractivity contribution in [1.29, 1.82) is 0 Å². The van der Waals surface area contributed by atoms with Crippen LogP contribution in [0.25, 0.3) is 0 Å². The third-order valence-electron chi connectivity index (χ3n) is 2.58. The number of carbonyl (C=O) groups is 1. The fraction of sp³-hybridized carbons (Fsp3) is 0.0769. The smallest absolute Gasteiger partial charge is 0.269 e. The van der Waals surface area contributed by atoms with Crippen molar-refractivity contribution in [2.75, 3.05) is 0 Å². The first-order valence-corrected chi connectivity index (χ1v) is 5.86. The van der Waals surface area contributed by atoms with Crippen LogP contribution in [0.1, 0.15) is 10.4 Å². The van der Waals surface area contributed by atoms with Crippen molar-refractivity contribution in [3.05, 3.63) is 69.5 Å². The fourth-order valence-corrected chi connectivity index (χ4v) is 1.68. The molecule has 0 aliphatic heterocycles. The van der Waals surface area contributed by atoms with E-state index < -0.39 is 4.92 Å². The minimum Gasteiger partial charge on any atom is -1.00 e. The van der Waals surface area contributed by atoms with Crippen molar-refractivity contribution >= 4 is 23.1 Å². The summed E-state index contributed by atoms with van der Waals surface area (Å²) >= 11 is 5.75.